The van der Waals surface area contributed by atoms with Crippen LogP contribution in [0.4, 0.5) is 17.6 Å². The highest BCUT2D eigenvalue weighted by molar-refractivity contribution is 5.69. The van der Waals surface area contributed by atoms with Crippen LogP contribution >= 0.6 is 0 Å². The fraction of sp³-hybridized carbons (Fsp3) is 0.617. The van der Waals surface area contributed by atoms with E-state index < -0.39 is 92.0 Å². The summed E-state index contributed by atoms with van der Waals surface area (Å²) in [5, 5.41) is 32.2. The standard InChI is InChI=1S/C47H64F4O9/c1-33(2)59-44(55)23-15-5-4-14-22-37-39(26-28-47(50,51)32-58-35-19-11-8-12-20-35)43(30-42(37)54)60-45(56)24-16-6-3-13-21-36-38(41(53)29-40(36)52)25-27-46(48,49)31-57-34-17-9-7-10-18-34/h3-4,7-14,17-20,33,36-43,52-54H,5-6,15-16,21-32H2,1-2H3/b13-3-,14-4-/t36-,37-,38-,39-,40+,41+,42+,43-/m1/s1. The third-order valence-corrected chi connectivity index (χ3v) is 11.4. The summed E-state index contributed by atoms with van der Waals surface area (Å²) < 4.78 is 81.1. The number of allylic oxidation sites excluding steroid dienone is 4. The second-order valence-electron chi connectivity index (χ2n) is 16.6. The van der Waals surface area contributed by atoms with E-state index in [2.05, 4.69) is 0 Å². The van der Waals surface area contributed by atoms with Crippen molar-refractivity contribution >= 4 is 11.9 Å². The van der Waals surface area contributed by atoms with Gasteiger partial charge in [0.1, 0.15) is 17.6 Å². The van der Waals surface area contributed by atoms with Crippen molar-refractivity contribution in [2.24, 2.45) is 23.7 Å². The molecule has 0 aliphatic heterocycles. The number of alkyl halides is 4. The summed E-state index contributed by atoms with van der Waals surface area (Å²) in [6.45, 7) is 1.98. The lowest BCUT2D eigenvalue weighted by Gasteiger charge is -2.27. The molecule has 2 fully saturated rings. The van der Waals surface area contributed by atoms with Gasteiger partial charge in [0.25, 0.3) is 11.8 Å². The average molecular weight is 849 g/mol. The van der Waals surface area contributed by atoms with Crippen LogP contribution < -0.4 is 9.47 Å². The third kappa shape index (κ3) is 17.2. The molecule has 0 heterocycles. The number of aliphatic hydroxyl groups excluding tert-OH is 3. The van der Waals surface area contributed by atoms with Crippen LogP contribution in [-0.4, -0.2) is 82.8 Å². The number of halogens is 4. The summed E-state index contributed by atoms with van der Waals surface area (Å²) in [5.74, 6) is -8.20. The molecule has 0 saturated heterocycles. The van der Waals surface area contributed by atoms with Crippen molar-refractivity contribution in [3.63, 3.8) is 0 Å². The second kappa shape index (κ2) is 24.5. The Kier molecular flexibility index (Phi) is 19.9. The molecule has 9 nitrogen and oxygen atoms in total. The Morgan fingerprint density at radius 3 is 1.62 bits per heavy atom. The van der Waals surface area contributed by atoms with Gasteiger partial charge in [0.2, 0.25) is 0 Å². The van der Waals surface area contributed by atoms with Crippen LogP contribution in [0.15, 0.2) is 85.0 Å². The number of hydrogen-bond donors (Lipinski definition) is 3. The number of para-hydroxylation sites is 2. The fourth-order valence-electron chi connectivity index (χ4n) is 8.25. The molecular formula is C47H64F4O9. The van der Waals surface area contributed by atoms with Crippen molar-refractivity contribution < 1.29 is 61.4 Å². The summed E-state index contributed by atoms with van der Waals surface area (Å²) in [4.78, 5) is 24.9. The van der Waals surface area contributed by atoms with E-state index in [9.17, 15) is 33.7 Å². The van der Waals surface area contributed by atoms with Gasteiger partial charge in [-0.25, -0.2) is 17.6 Å². The van der Waals surface area contributed by atoms with Crippen LogP contribution in [0.2, 0.25) is 0 Å². The van der Waals surface area contributed by atoms with Gasteiger partial charge in [-0.15, -0.1) is 0 Å². The number of hydrogen-bond acceptors (Lipinski definition) is 9. The first-order chi connectivity index (χ1) is 28.6. The predicted molar refractivity (Wildman–Crippen MR) is 220 cm³/mol. The Morgan fingerprint density at radius 1 is 0.650 bits per heavy atom. The van der Waals surface area contributed by atoms with E-state index in [0.29, 0.717) is 50.0 Å². The topological polar surface area (TPSA) is 132 Å². The molecule has 2 aliphatic rings. The Labute approximate surface area is 352 Å². The normalized spacial score (nSPS) is 24.7. The highest BCUT2D eigenvalue weighted by atomic mass is 19.3. The molecule has 60 heavy (non-hydrogen) atoms. The molecule has 2 aromatic carbocycles. The van der Waals surface area contributed by atoms with E-state index in [-0.39, 0.29) is 50.6 Å². The number of carbonyl (C=O) groups is 2. The first-order valence-corrected chi connectivity index (χ1v) is 21.5. The van der Waals surface area contributed by atoms with E-state index >= 15 is 8.78 Å². The number of esters is 2. The van der Waals surface area contributed by atoms with E-state index in [0.717, 1.165) is 0 Å². The van der Waals surface area contributed by atoms with Crippen LogP contribution in [0.1, 0.15) is 104 Å². The van der Waals surface area contributed by atoms with Crippen molar-refractivity contribution in [1.82, 2.24) is 0 Å². The maximum Gasteiger partial charge on any atom is 0.306 e. The minimum Gasteiger partial charge on any atom is -0.487 e. The molecule has 0 aromatic heterocycles. The molecular weight excluding hydrogens is 785 g/mol. The monoisotopic (exact) mass is 848 g/mol. The van der Waals surface area contributed by atoms with Gasteiger partial charge in [-0.3, -0.25) is 9.59 Å². The quantitative estimate of drug-likeness (QED) is 0.0367. The van der Waals surface area contributed by atoms with Gasteiger partial charge in [0.15, 0.2) is 13.2 Å². The highest BCUT2D eigenvalue weighted by Gasteiger charge is 2.46. The smallest absolute Gasteiger partial charge is 0.306 e. The van der Waals surface area contributed by atoms with E-state index in [1.807, 2.05) is 24.3 Å². The van der Waals surface area contributed by atoms with Crippen molar-refractivity contribution in [3.05, 3.63) is 85.0 Å². The van der Waals surface area contributed by atoms with Crippen molar-refractivity contribution in [2.75, 3.05) is 13.2 Å². The van der Waals surface area contributed by atoms with E-state index in [1.54, 1.807) is 74.5 Å². The lowest BCUT2D eigenvalue weighted by molar-refractivity contribution is -0.152. The fourth-order valence-corrected chi connectivity index (χ4v) is 8.25. The van der Waals surface area contributed by atoms with Gasteiger partial charge in [0.05, 0.1) is 24.4 Å². The van der Waals surface area contributed by atoms with Gasteiger partial charge in [0, 0.05) is 38.0 Å². The maximum absolute atomic E-state index is 15.1. The molecule has 2 aliphatic carbocycles. The van der Waals surface area contributed by atoms with Crippen LogP contribution in [0.3, 0.4) is 0 Å². The van der Waals surface area contributed by atoms with Gasteiger partial charge in [-0.1, -0.05) is 60.7 Å². The van der Waals surface area contributed by atoms with Crippen molar-refractivity contribution in [1.29, 1.82) is 0 Å². The van der Waals surface area contributed by atoms with Gasteiger partial charge in [-0.2, -0.15) is 0 Å². The lowest BCUT2D eigenvalue weighted by Crippen LogP contribution is -2.31. The first kappa shape index (κ1) is 48.7. The summed E-state index contributed by atoms with van der Waals surface area (Å²) in [7, 11) is 0. The zero-order valence-corrected chi connectivity index (χ0v) is 34.9. The molecule has 0 radical (unpaired) electrons. The van der Waals surface area contributed by atoms with Gasteiger partial charge in [-0.05, 0) is 114 Å². The second-order valence-corrected chi connectivity index (χ2v) is 16.6. The van der Waals surface area contributed by atoms with Crippen LogP contribution in [0.25, 0.3) is 0 Å². The van der Waals surface area contributed by atoms with Crippen molar-refractivity contribution in [3.8, 4) is 11.5 Å². The number of unbranched alkanes of at least 4 members (excludes halogenated alkanes) is 2. The molecule has 0 spiro atoms. The summed E-state index contributed by atoms with van der Waals surface area (Å²) in [6.07, 6.45) is 6.42. The summed E-state index contributed by atoms with van der Waals surface area (Å²) >= 11 is 0. The molecule has 0 bridgehead atoms. The minimum absolute atomic E-state index is 0.00423. The number of benzene rings is 2. The molecule has 2 saturated carbocycles. The van der Waals surface area contributed by atoms with E-state index in [4.69, 9.17) is 18.9 Å². The van der Waals surface area contributed by atoms with Crippen LogP contribution in [0.5, 0.6) is 11.5 Å². The Bertz CT molecular complexity index is 1610. The largest absolute Gasteiger partial charge is 0.487 e. The minimum atomic E-state index is -3.16. The zero-order valence-electron chi connectivity index (χ0n) is 34.9. The molecule has 4 rings (SSSR count). The molecule has 13 heteroatoms. The first-order valence-electron chi connectivity index (χ1n) is 21.5. The number of aliphatic hydroxyl groups is 3. The number of rotatable bonds is 26. The number of carbonyl (C=O) groups excluding carboxylic acids is 2. The molecule has 0 amide bonds. The predicted octanol–water partition coefficient (Wildman–Crippen LogP) is 9.43. The lowest BCUT2D eigenvalue weighted by atomic mass is 9.86. The van der Waals surface area contributed by atoms with Crippen molar-refractivity contribution in [2.45, 2.75) is 146 Å². The number of ether oxygens (including phenoxy) is 4. The summed E-state index contributed by atoms with van der Waals surface area (Å²) in [5.41, 5.74) is 0. The molecule has 334 valence electrons. The highest BCUT2D eigenvalue weighted by Crippen LogP contribution is 2.42. The maximum atomic E-state index is 15.1. The molecule has 8 atom stereocenters. The SMILES string of the molecule is CC(C)OC(=O)CCC/C=C\C[C@@H]1[C@@H](CCC(F)(F)COc2ccccc2)[C@H](OC(=O)CCC/C=C\C[C@@H]2[C@@H](CCC(F)(F)COc3ccccc3)[C@@H](O)C[C@@H]2O)C[C@@H]1O. The molecule has 3 N–H and O–H groups in total. The Morgan fingerprint density at radius 2 is 1.10 bits per heavy atom. The Balaban J connectivity index is 1.24. The van der Waals surface area contributed by atoms with E-state index in [1.165, 1.54) is 0 Å². The molecule has 0 unspecified atom stereocenters. The molecule has 2 aromatic rings. The summed E-state index contributed by atoms with van der Waals surface area (Å²) in [6, 6.07) is 16.7. The average Bonchev–Trinajstić information content (AvgIpc) is 3.65. The van der Waals surface area contributed by atoms with Gasteiger partial charge >= 0.3 is 11.9 Å². The Hall–Kier alpha value is -3.94. The third-order valence-electron chi connectivity index (χ3n) is 11.4. The zero-order chi connectivity index (χ0) is 43.5. The van der Waals surface area contributed by atoms with Crippen LogP contribution in [0, 0.1) is 23.7 Å². The van der Waals surface area contributed by atoms with Gasteiger partial charge < -0.3 is 34.3 Å². The van der Waals surface area contributed by atoms with Crippen LogP contribution in [-0.2, 0) is 19.1 Å².